The van der Waals surface area contributed by atoms with E-state index < -0.39 is 0 Å². The molecule has 0 radical (unpaired) electrons. The maximum absolute atomic E-state index is 12.8. The first-order valence-electron chi connectivity index (χ1n) is 9.35. The molecule has 0 spiro atoms. The van der Waals surface area contributed by atoms with Crippen LogP contribution in [0.5, 0.6) is 5.88 Å². The van der Waals surface area contributed by atoms with E-state index in [9.17, 15) is 4.79 Å². The highest BCUT2D eigenvalue weighted by Crippen LogP contribution is 2.23. The summed E-state index contributed by atoms with van der Waals surface area (Å²) in [5.41, 5.74) is 3.00. The van der Waals surface area contributed by atoms with Gasteiger partial charge in [0.15, 0.2) is 0 Å². The van der Waals surface area contributed by atoms with Crippen molar-refractivity contribution in [3.63, 3.8) is 0 Å². The fraction of sp³-hybridized carbons (Fsp3) is 0.182. The summed E-state index contributed by atoms with van der Waals surface area (Å²) in [4.78, 5) is 25.0. The smallest absolute Gasteiger partial charge is 0.352 e. The van der Waals surface area contributed by atoms with Gasteiger partial charge in [-0.2, -0.15) is 4.98 Å². The number of nitrogens with zero attached hydrogens (tertiary/aromatic N) is 4. The van der Waals surface area contributed by atoms with Crippen LogP contribution in [-0.4, -0.2) is 26.1 Å². The number of fused-ring (bicyclic) bond motifs is 1. The van der Waals surface area contributed by atoms with Gasteiger partial charge in [-0.15, -0.1) is 0 Å². The van der Waals surface area contributed by atoms with Gasteiger partial charge in [0.2, 0.25) is 5.88 Å². The van der Waals surface area contributed by atoms with Crippen molar-refractivity contribution in [2.75, 3.05) is 6.61 Å². The molecular weight excluding hydrogens is 388 g/mol. The fourth-order valence-corrected chi connectivity index (χ4v) is 3.44. The molecule has 0 amide bonds. The Hall–Kier alpha value is -3.25. The van der Waals surface area contributed by atoms with E-state index in [2.05, 4.69) is 15.0 Å². The molecule has 0 aliphatic rings. The minimum atomic E-state index is -0.314. The van der Waals surface area contributed by atoms with Gasteiger partial charge in [-0.25, -0.2) is 14.8 Å². The minimum absolute atomic E-state index is 0.314. The van der Waals surface area contributed by atoms with E-state index in [4.69, 9.17) is 16.3 Å². The minimum Gasteiger partial charge on any atom is -0.477 e. The van der Waals surface area contributed by atoms with Crippen LogP contribution in [0.4, 0.5) is 0 Å². The molecule has 7 heteroatoms. The molecule has 4 rings (SSSR count). The molecule has 0 unspecified atom stereocenters. The predicted octanol–water partition coefficient (Wildman–Crippen LogP) is 4.01. The lowest BCUT2D eigenvalue weighted by molar-refractivity contribution is 0.309. The zero-order chi connectivity index (χ0) is 20.2. The monoisotopic (exact) mass is 406 g/mol. The lowest BCUT2D eigenvalue weighted by atomic mass is 10.1. The molecule has 2 heterocycles. The SMILES string of the molecule is CCc1nc(=O)n(-c2cccc(CCOc3ccncn3)c2)c2cc(Cl)ccc12. The van der Waals surface area contributed by atoms with Crippen LogP contribution in [0, 0.1) is 0 Å². The Morgan fingerprint density at radius 3 is 2.83 bits per heavy atom. The van der Waals surface area contributed by atoms with Crippen LogP contribution in [0.15, 0.2) is 65.8 Å². The van der Waals surface area contributed by atoms with Gasteiger partial charge in [0.05, 0.1) is 23.5 Å². The van der Waals surface area contributed by atoms with Gasteiger partial charge in [0.1, 0.15) is 6.33 Å². The van der Waals surface area contributed by atoms with Crippen LogP contribution >= 0.6 is 11.6 Å². The highest BCUT2D eigenvalue weighted by atomic mass is 35.5. The largest absolute Gasteiger partial charge is 0.477 e. The summed E-state index contributed by atoms with van der Waals surface area (Å²) in [7, 11) is 0. The topological polar surface area (TPSA) is 69.9 Å². The van der Waals surface area contributed by atoms with E-state index in [0.29, 0.717) is 30.4 Å². The Balaban J connectivity index is 1.68. The standard InChI is InChI=1S/C22H19ClN4O2/c1-2-19-18-7-6-16(23)13-20(18)27(22(28)26-19)17-5-3-4-15(12-17)9-11-29-21-8-10-24-14-25-21/h3-8,10,12-14H,2,9,11H2,1H3. The third-order valence-corrected chi connectivity index (χ3v) is 4.87. The van der Waals surface area contributed by atoms with E-state index in [0.717, 1.165) is 27.8 Å². The second kappa shape index (κ2) is 8.41. The van der Waals surface area contributed by atoms with Crippen LogP contribution in [0.2, 0.25) is 5.02 Å². The average Bonchev–Trinajstić information content (AvgIpc) is 2.74. The molecule has 0 atom stereocenters. The van der Waals surface area contributed by atoms with Crippen molar-refractivity contribution in [2.45, 2.75) is 19.8 Å². The molecule has 0 aliphatic carbocycles. The number of aromatic nitrogens is 4. The van der Waals surface area contributed by atoms with Gasteiger partial charge in [-0.3, -0.25) is 4.57 Å². The van der Waals surface area contributed by atoms with E-state index >= 15 is 0 Å². The number of hydrogen-bond acceptors (Lipinski definition) is 5. The molecular formula is C22H19ClN4O2. The zero-order valence-electron chi connectivity index (χ0n) is 15.9. The van der Waals surface area contributed by atoms with Gasteiger partial charge in [-0.1, -0.05) is 30.7 Å². The Kier molecular flexibility index (Phi) is 5.53. The average molecular weight is 407 g/mol. The Bertz CT molecular complexity index is 1210. The highest BCUT2D eigenvalue weighted by molar-refractivity contribution is 6.31. The Morgan fingerprint density at radius 1 is 1.14 bits per heavy atom. The van der Waals surface area contributed by atoms with Crippen molar-refractivity contribution in [3.05, 3.63) is 87.8 Å². The summed E-state index contributed by atoms with van der Waals surface area (Å²) < 4.78 is 7.25. The normalized spacial score (nSPS) is 11.0. The number of aryl methyl sites for hydroxylation is 1. The lowest BCUT2D eigenvalue weighted by Gasteiger charge is -2.13. The van der Waals surface area contributed by atoms with Crippen molar-refractivity contribution in [3.8, 4) is 11.6 Å². The van der Waals surface area contributed by atoms with Gasteiger partial charge < -0.3 is 4.74 Å². The van der Waals surface area contributed by atoms with Gasteiger partial charge in [0.25, 0.3) is 0 Å². The molecule has 2 aromatic carbocycles. The maximum Gasteiger partial charge on any atom is 0.352 e. The van der Waals surface area contributed by atoms with E-state index in [1.54, 1.807) is 16.8 Å². The molecule has 146 valence electrons. The molecule has 0 bridgehead atoms. The molecule has 0 saturated heterocycles. The van der Waals surface area contributed by atoms with Gasteiger partial charge in [-0.05, 0) is 42.3 Å². The van der Waals surface area contributed by atoms with Gasteiger partial charge >= 0.3 is 5.69 Å². The second-order valence-electron chi connectivity index (χ2n) is 6.51. The highest BCUT2D eigenvalue weighted by Gasteiger charge is 2.12. The fourth-order valence-electron chi connectivity index (χ4n) is 3.27. The predicted molar refractivity (Wildman–Crippen MR) is 113 cm³/mol. The summed E-state index contributed by atoms with van der Waals surface area (Å²) in [5, 5.41) is 1.50. The van der Waals surface area contributed by atoms with Crippen molar-refractivity contribution in [1.82, 2.24) is 19.5 Å². The molecule has 0 saturated carbocycles. The molecule has 4 aromatic rings. The Morgan fingerprint density at radius 2 is 2.03 bits per heavy atom. The van der Waals surface area contributed by atoms with E-state index in [1.807, 2.05) is 49.4 Å². The van der Waals surface area contributed by atoms with Crippen molar-refractivity contribution >= 4 is 22.5 Å². The number of halogens is 1. The first-order valence-corrected chi connectivity index (χ1v) is 9.73. The summed E-state index contributed by atoms with van der Waals surface area (Å²) in [6.45, 7) is 2.45. The van der Waals surface area contributed by atoms with Crippen molar-refractivity contribution in [1.29, 1.82) is 0 Å². The van der Waals surface area contributed by atoms with Crippen molar-refractivity contribution in [2.24, 2.45) is 0 Å². The molecule has 2 aromatic heterocycles. The molecule has 0 aliphatic heterocycles. The maximum atomic E-state index is 12.8. The molecule has 6 nitrogen and oxygen atoms in total. The first-order chi connectivity index (χ1) is 14.2. The van der Waals surface area contributed by atoms with Crippen LogP contribution in [0.1, 0.15) is 18.2 Å². The quantitative estimate of drug-likeness (QED) is 0.483. The molecule has 0 N–H and O–H groups in total. The third kappa shape index (κ3) is 4.12. The van der Waals surface area contributed by atoms with Crippen LogP contribution in [-0.2, 0) is 12.8 Å². The van der Waals surface area contributed by atoms with Crippen LogP contribution < -0.4 is 10.4 Å². The van der Waals surface area contributed by atoms with Gasteiger partial charge in [0, 0.05) is 29.1 Å². The molecule has 0 fully saturated rings. The number of hydrogen-bond donors (Lipinski definition) is 0. The van der Waals surface area contributed by atoms with E-state index in [1.165, 1.54) is 6.33 Å². The lowest BCUT2D eigenvalue weighted by Crippen LogP contribution is -2.23. The summed E-state index contributed by atoms with van der Waals surface area (Å²) in [6.07, 6.45) is 4.44. The van der Waals surface area contributed by atoms with Crippen LogP contribution in [0.3, 0.4) is 0 Å². The number of ether oxygens (including phenoxy) is 1. The number of benzene rings is 2. The molecule has 29 heavy (non-hydrogen) atoms. The van der Waals surface area contributed by atoms with E-state index in [-0.39, 0.29) is 5.69 Å². The summed E-state index contributed by atoms with van der Waals surface area (Å²) in [5.74, 6) is 0.535. The first kappa shape index (κ1) is 19.1. The second-order valence-corrected chi connectivity index (χ2v) is 6.94. The third-order valence-electron chi connectivity index (χ3n) is 4.63. The summed E-state index contributed by atoms with van der Waals surface area (Å²) in [6, 6.07) is 15.0. The number of rotatable bonds is 6. The summed E-state index contributed by atoms with van der Waals surface area (Å²) >= 11 is 6.22. The van der Waals surface area contributed by atoms with Crippen LogP contribution in [0.25, 0.3) is 16.6 Å². The Labute approximate surface area is 172 Å². The zero-order valence-corrected chi connectivity index (χ0v) is 16.6. The van der Waals surface area contributed by atoms with Crippen molar-refractivity contribution < 1.29 is 4.74 Å².